The van der Waals surface area contributed by atoms with E-state index in [-0.39, 0.29) is 0 Å². The Morgan fingerprint density at radius 2 is 1.90 bits per heavy atom. The molecule has 4 rings (SSSR count). The van der Waals surface area contributed by atoms with E-state index in [0.29, 0.717) is 37.0 Å². The summed E-state index contributed by atoms with van der Waals surface area (Å²) in [6.07, 6.45) is 3.72. The van der Waals surface area contributed by atoms with E-state index in [2.05, 4.69) is 24.0 Å². The van der Waals surface area contributed by atoms with Crippen LogP contribution in [0.4, 0.5) is 0 Å². The summed E-state index contributed by atoms with van der Waals surface area (Å²) in [6, 6.07) is 15.4. The molecule has 1 fully saturated rings. The fourth-order valence-electron chi connectivity index (χ4n) is 3.25. The second kappa shape index (κ2) is 8.71. The second-order valence-electron chi connectivity index (χ2n) is 6.87. The lowest BCUT2D eigenvalue weighted by Gasteiger charge is -2.26. The quantitative estimate of drug-likeness (QED) is 0.561. The van der Waals surface area contributed by atoms with Crippen molar-refractivity contribution in [1.29, 1.82) is 0 Å². The Labute approximate surface area is 175 Å². The van der Waals surface area contributed by atoms with Crippen molar-refractivity contribution in [1.82, 2.24) is 13.9 Å². The van der Waals surface area contributed by atoms with Crippen molar-refractivity contribution in [3.8, 4) is 5.69 Å². The predicted octanol–water partition coefficient (Wildman–Crippen LogP) is 3.49. The number of rotatable bonds is 6. The van der Waals surface area contributed by atoms with E-state index in [0.717, 1.165) is 16.4 Å². The number of benzene rings is 2. The Kier molecular flexibility index (Phi) is 6.05. The summed E-state index contributed by atoms with van der Waals surface area (Å²) in [4.78, 5) is 4.80. The largest absolute Gasteiger partial charge is 0.379 e. The molecule has 0 N–H and O–H groups in total. The van der Waals surface area contributed by atoms with Crippen LogP contribution in [0.25, 0.3) is 5.69 Å². The van der Waals surface area contributed by atoms with Gasteiger partial charge in [0.25, 0.3) is 0 Å². The zero-order chi connectivity index (χ0) is 20.3. The maximum atomic E-state index is 12.9. The number of hydrogen-bond donors (Lipinski definition) is 0. The Morgan fingerprint density at radius 1 is 1.10 bits per heavy atom. The van der Waals surface area contributed by atoms with E-state index >= 15 is 0 Å². The zero-order valence-electron chi connectivity index (χ0n) is 16.2. The maximum Gasteiger partial charge on any atom is 0.243 e. The summed E-state index contributed by atoms with van der Waals surface area (Å²) in [5, 5.41) is 0.872. The third-order valence-corrected chi connectivity index (χ3v) is 7.69. The van der Waals surface area contributed by atoms with Gasteiger partial charge in [-0.25, -0.2) is 13.4 Å². The van der Waals surface area contributed by atoms with Gasteiger partial charge in [-0.15, -0.1) is 0 Å². The normalized spacial score (nSPS) is 15.5. The number of ether oxygens (including phenoxy) is 1. The van der Waals surface area contributed by atoms with Crippen LogP contribution in [0.5, 0.6) is 0 Å². The molecule has 1 aromatic heterocycles. The Bertz CT molecular complexity index is 1090. The smallest absolute Gasteiger partial charge is 0.243 e. The molecule has 0 aliphatic carbocycles. The standard InChI is InChI=1S/C21H23N3O3S2/c1-17-4-2-6-19(14-17)24-9-8-22-21(24)28-16-18-5-3-7-20(15-18)29(25,26)23-10-12-27-13-11-23/h2-9,14-15H,10-13,16H2,1H3. The van der Waals surface area contributed by atoms with Gasteiger partial charge in [-0.2, -0.15) is 4.31 Å². The van der Waals surface area contributed by atoms with Gasteiger partial charge in [-0.05, 0) is 42.3 Å². The van der Waals surface area contributed by atoms with E-state index in [1.54, 1.807) is 36.2 Å². The lowest BCUT2D eigenvalue weighted by atomic mass is 10.2. The van der Waals surface area contributed by atoms with E-state index in [1.807, 2.05) is 29.0 Å². The molecule has 0 unspecified atom stereocenters. The number of morpholine rings is 1. The first kappa shape index (κ1) is 20.2. The summed E-state index contributed by atoms with van der Waals surface area (Å²) in [7, 11) is -3.49. The van der Waals surface area contributed by atoms with Crippen LogP contribution >= 0.6 is 11.8 Å². The van der Waals surface area contributed by atoms with E-state index < -0.39 is 10.0 Å². The molecule has 29 heavy (non-hydrogen) atoms. The SMILES string of the molecule is Cc1cccc(-n2ccnc2SCc2cccc(S(=O)(=O)N3CCOCC3)c2)c1. The predicted molar refractivity (Wildman–Crippen MR) is 114 cm³/mol. The highest BCUT2D eigenvalue weighted by molar-refractivity contribution is 7.98. The number of aromatic nitrogens is 2. The third kappa shape index (κ3) is 4.56. The summed E-state index contributed by atoms with van der Waals surface area (Å²) >= 11 is 1.59. The second-order valence-corrected chi connectivity index (χ2v) is 9.75. The first-order chi connectivity index (χ1) is 14.0. The molecule has 0 bridgehead atoms. The molecule has 1 aliphatic rings. The van der Waals surface area contributed by atoms with Gasteiger partial charge in [0.2, 0.25) is 10.0 Å². The minimum atomic E-state index is -3.49. The summed E-state index contributed by atoms with van der Waals surface area (Å²) in [5.41, 5.74) is 3.20. The minimum absolute atomic E-state index is 0.333. The average molecular weight is 430 g/mol. The van der Waals surface area contributed by atoms with Crippen LogP contribution in [0.2, 0.25) is 0 Å². The molecule has 3 aromatic rings. The van der Waals surface area contributed by atoms with Gasteiger partial charge in [-0.3, -0.25) is 4.57 Å². The van der Waals surface area contributed by atoms with E-state index in [9.17, 15) is 8.42 Å². The topological polar surface area (TPSA) is 64.4 Å². The molecule has 0 amide bonds. The molecule has 2 aromatic carbocycles. The molecule has 0 atom stereocenters. The van der Waals surface area contributed by atoms with Gasteiger partial charge >= 0.3 is 0 Å². The Balaban J connectivity index is 1.51. The molecule has 6 nitrogen and oxygen atoms in total. The average Bonchev–Trinajstić information content (AvgIpc) is 3.22. The maximum absolute atomic E-state index is 12.9. The van der Waals surface area contributed by atoms with Crippen molar-refractivity contribution in [3.05, 3.63) is 72.1 Å². The fraction of sp³-hybridized carbons (Fsp3) is 0.286. The minimum Gasteiger partial charge on any atom is -0.379 e. The third-order valence-electron chi connectivity index (χ3n) is 4.76. The van der Waals surface area contributed by atoms with Crippen molar-refractivity contribution in [2.24, 2.45) is 0 Å². The highest BCUT2D eigenvalue weighted by Gasteiger charge is 2.26. The molecule has 0 saturated carbocycles. The molecule has 2 heterocycles. The zero-order valence-corrected chi connectivity index (χ0v) is 17.8. The van der Waals surface area contributed by atoms with Gasteiger partial charge in [-0.1, -0.05) is 36.0 Å². The lowest BCUT2D eigenvalue weighted by Crippen LogP contribution is -2.40. The van der Waals surface area contributed by atoms with Gasteiger partial charge < -0.3 is 4.74 Å². The van der Waals surface area contributed by atoms with Crippen LogP contribution in [-0.4, -0.2) is 48.6 Å². The Morgan fingerprint density at radius 3 is 2.69 bits per heavy atom. The van der Waals surface area contributed by atoms with Crippen molar-refractivity contribution in [2.45, 2.75) is 22.7 Å². The summed E-state index contributed by atoms with van der Waals surface area (Å²) < 4.78 is 34.6. The van der Waals surface area contributed by atoms with E-state index in [1.165, 1.54) is 9.87 Å². The monoisotopic (exact) mass is 429 g/mol. The molecular formula is C21H23N3O3S2. The molecule has 8 heteroatoms. The first-order valence-corrected chi connectivity index (χ1v) is 11.9. The highest BCUT2D eigenvalue weighted by atomic mass is 32.2. The number of hydrogen-bond acceptors (Lipinski definition) is 5. The van der Waals surface area contributed by atoms with Crippen molar-refractivity contribution < 1.29 is 13.2 Å². The van der Waals surface area contributed by atoms with Gasteiger partial charge in [0.15, 0.2) is 5.16 Å². The van der Waals surface area contributed by atoms with Crippen molar-refractivity contribution in [2.75, 3.05) is 26.3 Å². The van der Waals surface area contributed by atoms with Crippen LogP contribution in [0.3, 0.4) is 0 Å². The highest BCUT2D eigenvalue weighted by Crippen LogP contribution is 2.26. The van der Waals surface area contributed by atoms with Gasteiger partial charge in [0.05, 0.1) is 18.1 Å². The van der Waals surface area contributed by atoms with Crippen molar-refractivity contribution in [3.63, 3.8) is 0 Å². The fourth-order valence-corrected chi connectivity index (χ4v) is 5.65. The number of nitrogens with zero attached hydrogens (tertiary/aromatic N) is 3. The van der Waals surface area contributed by atoms with Crippen LogP contribution < -0.4 is 0 Å². The Hall–Kier alpha value is -2.13. The molecule has 0 radical (unpaired) electrons. The lowest BCUT2D eigenvalue weighted by molar-refractivity contribution is 0.0730. The first-order valence-electron chi connectivity index (χ1n) is 9.44. The molecule has 1 saturated heterocycles. The number of thioether (sulfide) groups is 1. The molecular weight excluding hydrogens is 406 g/mol. The number of aryl methyl sites for hydroxylation is 1. The summed E-state index contributed by atoms with van der Waals surface area (Å²) in [6.45, 7) is 3.74. The van der Waals surface area contributed by atoms with Gasteiger partial charge in [0, 0.05) is 36.9 Å². The molecule has 1 aliphatic heterocycles. The number of imidazole rings is 1. The van der Waals surface area contributed by atoms with Gasteiger partial charge in [0.1, 0.15) is 0 Å². The van der Waals surface area contributed by atoms with E-state index in [4.69, 9.17) is 4.74 Å². The van der Waals surface area contributed by atoms with Crippen LogP contribution in [0.15, 0.2) is 71.0 Å². The summed E-state index contributed by atoms with van der Waals surface area (Å²) in [5.74, 6) is 0.634. The van der Waals surface area contributed by atoms with Crippen LogP contribution in [0.1, 0.15) is 11.1 Å². The van der Waals surface area contributed by atoms with Crippen LogP contribution in [0, 0.1) is 6.92 Å². The molecule has 152 valence electrons. The van der Waals surface area contributed by atoms with Crippen LogP contribution in [-0.2, 0) is 20.5 Å². The number of sulfonamides is 1. The van der Waals surface area contributed by atoms with Crippen molar-refractivity contribution >= 4 is 21.8 Å². The molecule has 0 spiro atoms.